The number of carbonyl (C=O) groups is 3. The lowest BCUT2D eigenvalue weighted by Crippen LogP contribution is -2.41. The van der Waals surface area contributed by atoms with Gasteiger partial charge in [0.1, 0.15) is 11.6 Å². The summed E-state index contributed by atoms with van der Waals surface area (Å²) in [5.41, 5.74) is 0.824. The molecule has 0 bridgehead atoms. The maximum absolute atomic E-state index is 12.7. The monoisotopic (exact) mass is 416 g/mol. The summed E-state index contributed by atoms with van der Waals surface area (Å²) in [4.78, 5) is 53.0. The van der Waals surface area contributed by atoms with E-state index in [1.807, 2.05) is 25.1 Å². The second-order valence-electron chi connectivity index (χ2n) is 8.51. The number of anilines is 1. The Kier molecular flexibility index (Phi) is 6.89. The fraction of sp³-hybridized carbons (Fsp3) is 0.667. The summed E-state index contributed by atoms with van der Waals surface area (Å²) < 4.78 is 0. The molecule has 0 radical (unpaired) electrons. The summed E-state index contributed by atoms with van der Waals surface area (Å²) >= 11 is 0. The van der Waals surface area contributed by atoms with Crippen LogP contribution in [0, 0.1) is 0 Å². The van der Waals surface area contributed by atoms with Gasteiger partial charge >= 0.3 is 0 Å². The van der Waals surface area contributed by atoms with Crippen LogP contribution in [0.15, 0.2) is 6.07 Å². The van der Waals surface area contributed by atoms with Gasteiger partial charge in [-0.05, 0) is 12.8 Å². The van der Waals surface area contributed by atoms with E-state index in [4.69, 9.17) is 0 Å². The van der Waals surface area contributed by atoms with Gasteiger partial charge in [-0.25, -0.2) is 9.97 Å². The first-order valence-corrected chi connectivity index (χ1v) is 10.6. The first kappa shape index (κ1) is 22.0. The van der Waals surface area contributed by atoms with Crippen LogP contribution in [0.2, 0.25) is 0 Å². The first-order chi connectivity index (χ1) is 14.2. The zero-order chi connectivity index (χ0) is 21.8. The Bertz CT molecular complexity index is 812. The molecule has 3 rings (SSSR count). The molecule has 1 aromatic rings. The number of hydrogen-bond acceptors (Lipinski definition) is 6. The third-order valence-corrected chi connectivity index (χ3v) is 5.80. The van der Waals surface area contributed by atoms with Gasteiger partial charge in [0.2, 0.25) is 17.7 Å². The number of rotatable bonds is 6. The van der Waals surface area contributed by atoms with Crippen LogP contribution in [0.25, 0.3) is 0 Å². The van der Waals surface area contributed by atoms with Crippen LogP contribution in [-0.2, 0) is 20.9 Å². The van der Waals surface area contributed by atoms with Gasteiger partial charge in [-0.15, -0.1) is 0 Å². The Hall–Kier alpha value is -2.71. The van der Waals surface area contributed by atoms with Crippen molar-refractivity contribution in [2.75, 3.05) is 52.7 Å². The highest BCUT2D eigenvalue weighted by Crippen LogP contribution is 2.27. The summed E-state index contributed by atoms with van der Waals surface area (Å²) in [6.45, 7) is 1.62. The van der Waals surface area contributed by atoms with Crippen LogP contribution in [0.5, 0.6) is 0 Å². The molecule has 3 heterocycles. The molecule has 3 amide bonds. The number of carbonyl (C=O) groups excluding carboxylic acids is 3. The average molecular weight is 417 g/mol. The Balaban J connectivity index is 1.72. The Morgan fingerprint density at radius 1 is 1.13 bits per heavy atom. The number of amides is 3. The molecule has 9 nitrogen and oxygen atoms in total. The Labute approximate surface area is 178 Å². The van der Waals surface area contributed by atoms with Gasteiger partial charge in [-0.3, -0.25) is 14.4 Å². The van der Waals surface area contributed by atoms with Gasteiger partial charge in [-0.1, -0.05) is 6.42 Å². The number of aromatic nitrogens is 2. The third kappa shape index (κ3) is 5.25. The molecule has 9 heteroatoms. The fourth-order valence-corrected chi connectivity index (χ4v) is 3.86. The van der Waals surface area contributed by atoms with Crippen molar-refractivity contribution in [2.45, 2.75) is 44.6 Å². The molecule has 2 aliphatic heterocycles. The van der Waals surface area contributed by atoms with Crippen LogP contribution in [0.1, 0.15) is 49.5 Å². The van der Waals surface area contributed by atoms with E-state index in [0.29, 0.717) is 31.8 Å². The van der Waals surface area contributed by atoms with Gasteiger partial charge in [0.25, 0.3) is 0 Å². The van der Waals surface area contributed by atoms with Crippen LogP contribution in [-0.4, -0.2) is 90.2 Å². The van der Waals surface area contributed by atoms with Crippen molar-refractivity contribution in [1.29, 1.82) is 0 Å². The van der Waals surface area contributed by atoms with Gasteiger partial charge in [0.15, 0.2) is 0 Å². The van der Waals surface area contributed by atoms with Crippen molar-refractivity contribution < 1.29 is 14.4 Å². The zero-order valence-electron chi connectivity index (χ0n) is 18.4. The van der Waals surface area contributed by atoms with E-state index in [-0.39, 0.29) is 36.7 Å². The van der Waals surface area contributed by atoms with Crippen LogP contribution >= 0.6 is 0 Å². The minimum Gasteiger partial charge on any atom is -0.363 e. The Morgan fingerprint density at radius 2 is 1.90 bits per heavy atom. The van der Waals surface area contributed by atoms with Crippen LogP contribution < -0.4 is 4.90 Å². The molecular formula is C21H32N6O3. The molecule has 0 spiro atoms. The topological polar surface area (TPSA) is 90.0 Å². The highest BCUT2D eigenvalue weighted by atomic mass is 16.2. The highest BCUT2D eigenvalue weighted by Gasteiger charge is 2.30. The quantitative estimate of drug-likeness (QED) is 0.683. The maximum Gasteiger partial charge on any atom is 0.242 e. The smallest absolute Gasteiger partial charge is 0.242 e. The number of hydrogen-bond donors (Lipinski definition) is 0. The zero-order valence-corrected chi connectivity index (χ0v) is 18.4. The second kappa shape index (κ2) is 9.40. The number of likely N-dealkylation sites (tertiary alicyclic amines) is 2. The van der Waals surface area contributed by atoms with Crippen molar-refractivity contribution >= 4 is 23.5 Å². The van der Waals surface area contributed by atoms with Crippen molar-refractivity contribution in [1.82, 2.24) is 24.7 Å². The lowest BCUT2D eigenvalue weighted by Gasteiger charge is -2.24. The van der Waals surface area contributed by atoms with E-state index in [2.05, 4.69) is 9.97 Å². The lowest BCUT2D eigenvalue weighted by molar-refractivity contribution is -0.139. The first-order valence-electron chi connectivity index (χ1n) is 10.6. The van der Waals surface area contributed by atoms with E-state index in [0.717, 1.165) is 30.8 Å². The Morgan fingerprint density at radius 3 is 2.57 bits per heavy atom. The maximum atomic E-state index is 12.7. The van der Waals surface area contributed by atoms with Crippen molar-refractivity contribution in [3.8, 4) is 0 Å². The normalized spacial score (nSPS) is 19.8. The standard InChI is InChI=1S/C21H32N6O3/c1-24(2)18-11-16(15-10-20(29)25(3)12-15)22-17(23-18)13-26(4)21(30)14-27-9-7-5-6-8-19(27)28/h11,15H,5-10,12-14H2,1-4H3/t15-/m0/s1. The highest BCUT2D eigenvalue weighted by molar-refractivity contribution is 5.84. The molecule has 2 aliphatic rings. The average Bonchev–Trinajstić information content (AvgIpc) is 2.91. The molecule has 2 saturated heterocycles. The molecular weight excluding hydrogens is 384 g/mol. The summed E-state index contributed by atoms with van der Waals surface area (Å²) in [6, 6.07) is 1.92. The van der Waals surface area contributed by atoms with E-state index < -0.39 is 0 Å². The van der Waals surface area contributed by atoms with Gasteiger partial charge in [0.05, 0.1) is 18.8 Å². The second-order valence-corrected chi connectivity index (χ2v) is 8.51. The van der Waals surface area contributed by atoms with Crippen molar-refractivity contribution in [2.24, 2.45) is 0 Å². The van der Waals surface area contributed by atoms with Gasteiger partial charge < -0.3 is 19.6 Å². The van der Waals surface area contributed by atoms with E-state index in [9.17, 15) is 14.4 Å². The molecule has 0 unspecified atom stereocenters. The van der Waals surface area contributed by atoms with E-state index >= 15 is 0 Å². The summed E-state index contributed by atoms with van der Waals surface area (Å²) in [6.07, 6.45) is 3.81. The molecule has 0 aromatic carbocycles. The molecule has 164 valence electrons. The molecule has 1 aromatic heterocycles. The molecule has 1 atom stereocenters. The molecule has 30 heavy (non-hydrogen) atoms. The summed E-state index contributed by atoms with van der Waals surface area (Å²) in [5.74, 6) is 1.36. The van der Waals surface area contributed by atoms with Gasteiger partial charge in [-0.2, -0.15) is 0 Å². The molecule has 0 saturated carbocycles. The summed E-state index contributed by atoms with van der Waals surface area (Å²) in [5, 5.41) is 0. The predicted octanol–water partition coefficient (Wildman–Crippen LogP) is 0.849. The van der Waals surface area contributed by atoms with Crippen LogP contribution in [0.3, 0.4) is 0 Å². The fourth-order valence-electron chi connectivity index (χ4n) is 3.86. The molecule has 0 N–H and O–H groups in total. The SMILES string of the molecule is CN(Cc1nc([C@H]2CC(=O)N(C)C2)cc(N(C)C)n1)C(=O)CN1CCCCCC1=O. The van der Waals surface area contributed by atoms with Crippen molar-refractivity contribution in [3.05, 3.63) is 17.6 Å². The summed E-state index contributed by atoms with van der Waals surface area (Å²) in [7, 11) is 7.32. The number of nitrogens with zero attached hydrogens (tertiary/aromatic N) is 6. The largest absolute Gasteiger partial charge is 0.363 e. The van der Waals surface area contributed by atoms with Crippen LogP contribution in [0.4, 0.5) is 5.82 Å². The number of likely N-dealkylation sites (N-methyl/N-ethyl adjacent to an activating group) is 2. The van der Waals surface area contributed by atoms with E-state index in [1.165, 1.54) is 0 Å². The van der Waals surface area contributed by atoms with E-state index in [1.54, 1.807) is 28.8 Å². The predicted molar refractivity (Wildman–Crippen MR) is 113 cm³/mol. The molecule has 2 fully saturated rings. The molecule has 0 aliphatic carbocycles. The third-order valence-electron chi connectivity index (χ3n) is 5.80. The minimum absolute atomic E-state index is 0.0266. The lowest BCUT2D eigenvalue weighted by atomic mass is 10.0. The van der Waals surface area contributed by atoms with Crippen molar-refractivity contribution in [3.63, 3.8) is 0 Å². The van der Waals surface area contributed by atoms with Gasteiger partial charge in [0, 0.05) is 66.1 Å². The minimum atomic E-state index is -0.124.